The number of rotatable bonds is 7. The molecule has 1 aliphatic carbocycles. The van der Waals surface area contributed by atoms with Crippen molar-refractivity contribution in [2.75, 3.05) is 32.8 Å². The molecule has 1 saturated heterocycles. The zero-order valence-electron chi connectivity index (χ0n) is 13.4. The van der Waals surface area contributed by atoms with Crippen molar-refractivity contribution < 1.29 is 17.9 Å². The number of benzene rings is 1. The van der Waals surface area contributed by atoms with Gasteiger partial charge >= 0.3 is 0 Å². The predicted octanol–water partition coefficient (Wildman–Crippen LogP) is 1.23. The van der Waals surface area contributed by atoms with Crippen LogP contribution in [0.4, 0.5) is 0 Å². The Kier molecular flexibility index (Phi) is 5.21. The van der Waals surface area contributed by atoms with Crippen LogP contribution in [0.3, 0.4) is 0 Å². The molecule has 1 aromatic rings. The highest BCUT2D eigenvalue weighted by Crippen LogP contribution is 2.28. The molecular weight excluding hydrogens is 316 g/mol. The summed E-state index contributed by atoms with van der Waals surface area (Å²) in [5.74, 6) is 0.559. The van der Waals surface area contributed by atoms with E-state index in [0.29, 0.717) is 31.5 Å². The molecule has 1 atom stereocenters. The van der Waals surface area contributed by atoms with Gasteiger partial charge in [0.2, 0.25) is 10.0 Å². The van der Waals surface area contributed by atoms with Crippen molar-refractivity contribution in [2.45, 2.75) is 36.8 Å². The van der Waals surface area contributed by atoms with Crippen LogP contribution in [0, 0.1) is 0 Å². The minimum atomic E-state index is -3.55. The number of nitrogens with zero attached hydrogens (tertiary/aromatic N) is 1. The van der Waals surface area contributed by atoms with Crippen molar-refractivity contribution in [2.24, 2.45) is 0 Å². The molecule has 1 aliphatic heterocycles. The quantitative estimate of drug-likeness (QED) is 0.808. The van der Waals surface area contributed by atoms with E-state index in [4.69, 9.17) is 9.47 Å². The maximum Gasteiger partial charge on any atom is 0.240 e. The molecule has 0 radical (unpaired) electrons. The minimum absolute atomic E-state index is 0.0887. The average Bonchev–Trinajstić information content (AvgIpc) is 3.39. The fraction of sp³-hybridized carbons (Fsp3) is 0.625. The molecular formula is C16H24N2O4S. The summed E-state index contributed by atoms with van der Waals surface area (Å²) in [5.41, 5.74) is 0. The van der Waals surface area contributed by atoms with Crippen LogP contribution in [0.5, 0.6) is 5.75 Å². The molecule has 3 rings (SSSR count). The number of ether oxygens (including phenoxy) is 2. The van der Waals surface area contributed by atoms with Crippen LogP contribution in [0.15, 0.2) is 29.2 Å². The Morgan fingerprint density at radius 1 is 1.39 bits per heavy atom. The molecule has 128 valence electrons. The van der Waals surface area contributed by atoms with E-state index in [9.17, 15) is 8.42 Å². The highest BCUT2D eigenvalue weighted by Gasteiger charge is 2.33. The molecule has 2 fully saturated rings. The summed E-state index contributed by atoms with van der Waals surface area (Å²) in [4.78, 5) is 2.62. The van der Waals surface area contributed by atoms with Crippen molar-refractivity contribution in [3.8, 4) is 5.75 Å². The number of sulfonamides is 1. The SMILES string of the molecule is CCOc1cccc(S(=O)(=O)NC[C@H]2CN(C3CC3)CCO2)c1. The van der Waals surface area contributed by atoms with Crippen LogP contribution in [-0.2, 0) is 14.8 Å². The number of nitrogens with one attached hydrogen (secondary N) is 1. The third kappa shape index (κ3) is 4.44. The molecule has 0 aromatic heterocycles. The number of hydrogen-bond donors (Lipinski definition) is 1. The van der Waals surface area contributed by atoms with Crippen LogP contribution in [-0.4, -0.2) is 58.3 Å². The Morgan fingerprint density at radius 2 is 2.22 bits per heavy atom. The Bertz CT molecular complexity index is 631. The number of hydrogen-bond acceptors (Lipinski definition) is 5. The molecule has 0 amide bonds. The Labute approximate surface area is 137 Å². The smallest absolute Gasteiger partial charge is 0.240 e. The summed E-state index contributed by atoms with van der Waals surface area (Å²) >= 11 is 0. The molecule has 1 aromatic carbocycles. The Hall–Kier alpha value is -1.15. The molecule has 6 nitrogen and oxygen atoms in total. The van der Waals surface area contributed by atoms with Gasteiger partial charge in [-0.3, -0.25) is 4.90 Å². The molecule has 0 spiro atoms. The van der Waals surface area contributed by atoms with Crippen LogP contribution >= 0.6 is 0 Å². The second-order valence-electron chi connectivity index (χ2n) is 5.98. The lowest BCUT2D eigenvalue weighted by Gasteiger charge is -2.33. The highest BCUT2D eigenvalue weighted by atomic mass is 32.2. The van der Waals surface area contributed by atoms with E-state index in [1.54, 1.807) is 24.3 Å². The molecule has 1 saturated carbocycles. The molecule has 0 bridgehead atoms. The summed E-state index contributed by atoms with van der Waals surface area (Å²) in [6.07, 6.45) is 2.42. The van der Waals surface area contributed by atoms with Crippen LogP contribution in [0.1, 0.15) is 19.8 Å². The molecule has 0 unspecified atom stereocenters. The van der Waals surface area contributed by atoms with Crippen LogP contribution in [0.25, 0.3) is 0 Å². The summed E-state index contributed by atoms with van der Waals surface area (Å²) < 4.78 is 38.6. The van der Waals surface area contributed by atoms with Gasteiger partial charge in [0, 0.05) is 31.7 Å². The van der Waals surface area contributed by atoms with Gasteiger partial charge in [0.15, 0.2) is 0 Å². The first-order valence-electron chi connectivity index (χ1n) is 8.16. The zero-order valence-corrected chi connectivity index (χ0v) is 14.2. The maximum atomic E-state index is 12.4. The van der Waals surface area contributed by atoms with E-state index < -0.39 is 10.0 Å². The summed E-state index contributed by atoms with van der Waals surface area (Å²) in [7, 11) is -3.55. The van der Waals surface area contributed by atoms with Crippen molar-refractivity contribution in [3.05, 3.63) is 24.3 Å². The lowest BCUT2D eigenvalue weighted by Crippen LogP contribution is -2.48. The first-order valence-corrected chi connectivity index (χ1v) is 9.65. The van der Waals surface area contributed by atoms with Crippen molar-refractivity contribution in [1.29, 1.82) is 0 Å². The van der Waals surface area contributed by atoms with Gasteiger partial charge in [0.25, 0.3) is 0 Å². The second-order valence-corrected chi connectivity index (χ2v) is 7.75. The fourth-order valence-corrected chi connectivity index (χ4v) is 3.92. The largest absolute Gasteiger partial charge is 0.494 e. The van der Waals surface area contributed by atoms with E-state index in [0.717, 1.165) is 13.1 Å². The normalized spacial score (nSPS) is 22.9. The van der Waals surface area contributed by atoms with E-state index in [1.165, 1.54) is 12.8 Å². The lowest BCUT2D eigenvalue weighted by atomic mass is 10.2. The second kappa shape index (κ2) is 7.17. The Balaban J connectivity index is 1.58. The molecule has 1 heterocycles. The monoisotopic (exact) mass is 340 g/mol. The minimum Gasteiger partial charge on any atom is -0.494 e. The van der Waals surface area contributed by atoms with Gasteiger partial charge in [0.05, 0.1) is 24.2 Å². The van der Waals surface area contributed by atoms with E-state index in [1.807, 2.05) is 6.92 Å². The van der Waals surface area contributed by atoms with Crippen molar-refractivity contribution in [3.63, 3.8) is 0 Å². The topological polar surface area (TPSA) is 67.9 Å². The number of morpholine rings is 1. The van der Waals surface area contributed by atoms with Crippen LogP contribution < -0.4 is 9.46 Å². The fourth-order valence-electron chi connectivity index (χ4n) is 2.82. The van der Waals surface area contributed by atoms with Gasteiger partial charge < -0.3 is 9.47 Å². The summed E-state index contributed by atoms with van der Waals surface area (Å²) in [6.45, 7) is 5.08. The first kappa shape index (κ1) is 16.7. The third-order valence-electron chi connectivity index (χ3n) is 4.16. The van der Waals surface area contributed by atoms with Gasteiger partial charge in [-0.05, 0) is 31.9 Å². The van der Waals surface area contributed by atoms with E-state index in [-0.39, 0.29) is 11.0 Å². The highest BCUT2D eigenvalue weighted by molar-refractivity contribution is 7.89. The summed E-state index contributed by atoms with van der Waals surface area (Å²) in [5, 5.41) is 0. The van der Waals surface area contributed by atoms with Gasteiger partial charge in [-0.15, -0.1) is 0 Å². The average molecular weight is 340 g/mol. The molecule has 7 heteroatoms. The lowest BCUT2D eigenvalue weighted by molar-refractivity contribution is -0.0277. The van der Waals surface area contributed by atoms with Gasteiger partial charge in [-0.1, -0.05) is 6.07 Å². The predicted molar refractivity (Wildman–Crippen MR) is 87.1 cm³/mol. The van der Waals surface area contributed by atoms with Crippen molar-refractivity contribution in [1.82, 2.24) is 9.62 Å². The van der Waals surface area contributed by atoms with E-state index >= 15 is 0 Å². The molecule has 23 heavy (non-hydrogen) atoms. The first-order chi connectivity index (χ1) is 11.1. The standard InChI is InChI=1S/C16H24N2O4S/c1-2-21-14-4-3-5-16(10-14)23(19,20)17-11-15-12-18(8-9-22-15)13-6-7-13/h3-5,10,13,15,17H,2,6-9,11-12H2,1H3/t15-/m0/s1. The zero-order chi connectivity index (χ0) is 16.3. The van der Waals surface area contributed by atoms with E-state index in [2.05, 4.69) is 9.62 Å². The van der Waals surface area contributed by atoms with Gasteiger partial charge in [-0.2, -0.15) is 0 Å². The maximum absolute atomic E-state index is 12.4. The third-order valence-corrected chi connectivity index (χ3v) is 5.58. The molecule has 2 aliphatic rings. The van der Waals surface area contributed by atoms with Crippen LogP contribution in [0.2, 0.25) is 0 Å². The van der Waals surface area contributed by atoms with Gasteiger partial charge in [-0.25, -0.2) is 13.1 Å². The van der Waals surface area contributed by atoms with Gasteiger partial charge in [0.1, 0.15) is 5.75 Å². The molecule has 1 N–H and O–H groups in total. The van der Waals surface area contributed by atoms with Crippen molar-refractivity contribution >= 4 is 10.0 Å². The summed E-state index contributed by atoms with van der Waals surface area (Å²) in [6, 6.07) is 7.24. The Morgan fingerprint density at radius 3 is 2.96 bits per heavy atom.